The summed E-state index contributed by atoms with van der Waals surface area (Å²) < 4.78 is 0. The van der Waals surface area contributed by atoms with Crippen LogP contribution in [0.1, 0.15) is 49.2 Å². The molecule has 0 aliphatic rings. The topological polar surface area (TPSA) is 112 Å². The number of nitrogen functional groups attached to an aromatic ring is 1. The van der Waals surface area contributed by atoms with Crippen LogP contribution in [0.15, 0.2) is 65.9 Å². The van der Waals surface area contributed by atoms with Crippen LogP contribution in [-0.2, 0) is 4.84 Å². The molecule has 0 saturated carbocycles. The number of aryl methyl sites for hydroxylation is 1. The van der Waals surface area contributed by atoms with E-state index in [1.165, 1.54) is 22.9 Å². The summed E-state index contributed by atoms with van der Waals surface area (Å²) in [6.45, 7) is 16.6. The summed E-state index contributed by atoms with van der Waals surface area (Å²) in [6.07, 6.45) is 3.97. The fraction of sp³-hybridized carbons (Fsp3) is 0.269. The van der Waals surface area contributed by atoms with Crippen molar-refractivity contribution in [2.24, 2.45) is 5.90 Å². The van der Waals surface area contributed by atoms with Gasteiger partial charge >= 0.3 is 5.97 Å². The van der Waals surface area contributed by atoms with Crippen molar-refractivity contribution < 1.29 is 14.5 Å². The van der Waals surface area contributed by atoms with Crippen LogP contribution in [0.3, 0.4) is 0 Å². The number of hydrogen-bond acceptors (Lipinski definition) is 7. The zero-order chi connectivity index (χ0) is 25.8. The maximum atomic E-state index is 12.1. The number of carbonyl (C=O) groups is 1. The van der Waals surface area contributed by atoms with Gasteiger partial charge in [-0.1, -0.05) is 36.4 Å². The van der Waals surface area contributed by atoms with Crippen LogP contribution in [0.25, 0.3) is 0 Å². The van der Waals surface area contributed by atoms with Crippen molar-refractivity contribution in [1.82, 2.24) is 5.32 Å². The monoisotopic (exact) mass is 486 g/mol. The molecule has 184 valence electrons. The fourth-order valence-electron chi connectivity index (χ4n) is 2.97. The third kappa shape index (κ3) is 7.86. The minimum atomic E-state index is -0.585. The molecule has 0 aliphatic heterocycles. The van der Waals surface area contributed by atoms with Gasteiger partial charge in [0.05, 0.1) is 16.9 Å². The fourth-order valence-corrected chi connectivity index (χ4v) is 3.14. The van der Waals surface area contributed by atoms with Crippen LogP contribution in [-0.4, -0.2) is 12.5 Å². The molecule has 0 saturated heterocycles. The molecule has 0 unspecified atom stereocenters. The first-order valence-corrected chi connectivity index (χ1v) is 11.2. The maximum Gasteiger partial charge on any atom is 0.362 e. The van der Waals surface area contributed by atoms with Crippen molar-refractivity contribution in [2.75, 3.05) is 17.8 Å². The van der Waals surface area contributed by atoms with Gasteiger partial charge in [0.25, 0.3) is 0 Å². The van der Waals surface area contributed by atoms with E-state index in [1.807, 2.05) is 19.9 Å². The molecule has 0 aromatic heterocycles. The molecule has 34 heavy (non-hydrogen) atoms. The Morgan fingerprint density at radius 3 is 2.44 bits per heavy atom. The van der Waals surface area contributed by atoms with Gasteiger partial charge in [-0.3, -0.25) is 0 Å². The van der Waals surface area contributed by atoms with E-state index >= 15 is 0 Å². The number of halogens is 1. The number of likely N-dealkylation sites (N-methyl/N-ethyl adjacent to an activating group) is 1. The van der Waals surface area contributed by atoms with Crippen molar-refractivity contribution in [2.45, 2.75) is 41.5 Å². The van der Waals surface area contributed by atoms with Gasteiger partial charge in [0.15, 0.2) is 5.75 Å². The van der Waals surface area contributed by atoms with Crippen molar-refractivity contribution in [3.05, 3.63) is 87.6 Å². The summed E-state index contributed by atoms with van der Waals surface area (Å²) in [6, 6.07) is 8.26. The van der Waals surface area contributed by atoms with Crippen molar-refractivity contribution in [3.63, 3.8) is 0 Å². The standard InChI is InChI=1S/C15H16ClN3O3.C11H19N/c1-8-6-10(7-12(17)14(8)21-18)15(20)22-19-13-5-3-4-11(16)9(13)2;1-6-9(4)10(5)11(7-2)12-8-3/h3-7,19H,17-18H2,1-2H3;6-7,12H,1,8H2,2-5H3/b;10-9-,11-7+. The van der Waals surface area contributed by atoms with Gasteiger partial charge in [-0.25, -0.2) is 10.3 Å². The molecule has 0 amide bonds. The Balaban J connectivity index is 0.000000411. The highest BCUT2D eigenvalue weighted by molar-refractivity contribution is 6.31. The SMILES string of the molecule is C=C/C(C)=C(C)\C(=C/C)NCC.Cc1cc(C(=O)ONc2cccc(Cl)c2C)cc(N)c1ON. The van der Waals surface area contributed by atoms with E-state index in [-0.39, 0.29) is 11.3 Å². The lowest BCUT2D eigenvalue weighted by molar-refractivity contribution is 0.0596. The summed E-state index contributed by atoms with van der Waals surface area (Å²) in [7, 11) is 0. The molecular weight excluding hydrogens is 452 g/mol. The molecule has 2 aromatic carbocycles. The first-order valence-electron chi connectivity index (χ1n) is 10.8. The molecule has 7 nitrogen and oxygen atoms in total. The molecule has 0 aliphatic carbocycles. The minimum Gasteiger partial charge on any atom is -0.409 e. The van der Waals surface area contributed by atoms with Gasteiger partial charge in [0.1, 0.15) is 0 Å². The molecule has 0 spiro atoms. The van der Waals surface area contributed by atoms with Gasteiger partial charge in [-0.15, -0.1) is 0 Å². The number of nitrogens with two attached hydrogens (primary N) is 2. The number of benzene rings is 2. The average molecular weight is 487 g/mol. The number of allylic oxidation sites excluding steroid dienone is 4. The second-order valence-electron chi connectivity index (χ2n) is 7.48. The molecule has 0 fully saturated rings. The second kappa shape index (κ2) is 14.0. The molecule has 6 N–H and O–H groups in total. The minimum absolute atomic E-state index is 0.258. The average Bonchev–Trinajstić information content (AvgIpc) is 2.82. The Labute approximate surface area is 207 Å². The van der Waals surface area contributed by atoms with E-state index in [1.54, 1.807) is 31.2 Å². The van der Waals surface area contributed by atoms with E-state index in [0.29, 0.717) is 22.0 Å². The van der Waals surface area contributed by atoms with E-state index < -0.39 is 5.97 Å². The van der Waals surface area contributed by atoms with Gasteiger partial charge < -0.3 is 20.7 Å². The Bertz CT molecular complexity index is 1050. The Hall–Kier alpha value is -3.42. The molecule has 0 radical (unpaired) electrons. The number of nitrogens with one attached hydrogen (secondary N) is 2. The summed E-state index contributed by atoms with van der Waals surface area (Å²) in [5.41, 5.74) is 14.6. The zero-order valence-electron chi connectivity index (χ0n) is 20.7. The van der Waals surface area contributed by atoms with E-state index in [4.69, 9.17) is 28.1 Å². The molecule has 0 heterocycles. The lowest BCUT2D eigenvalue weighted by atomic mass is 10.1. The third-order valence-electron chi connectivity index (χ3n) is 5.14. The number of anilines is 2. The van der Waals surface area contributed by atoms with Crippen LogP contribution in [0.4, 0.5) is 11.4 Å². The van der Waals surface area contributed by atoms with E-state index in [0.717, 1.165) is 12.1 Å². The van der Waals surface area contributed by atoms with Gasteiger partial charge in [0.2, 0.25) is 0 Å². The second-order valence-corrected chi connectivity index (χ2v) is 7.89. The smallest absolute Gasteiger partial charge is 0.362 e. The summed E-state index contributed by atoms with van der Waals surface area (Å²) >= 11 is 6.00. The van der Waals surface area contributed by atoms with E-state index in [9.17, 15) is 4.79 Å². The highest BCUT2D eigenvalue weighted by atomic mass is 35.5. The van der Waals surface area contributed by atoms with Gasteiger partial charge in [0, 0.05) is 17.3 Å². The van der Waals surface area contributed by atoms with Crippen LogP contribution in [0, 0.1) is 13.8 Å². The predicted octanol–water partition coefficient (Wildman–Crippen LogP) is 6.00. The molecule has 0 atom stereocenters. The molecular formula is C26H35ClN4O3. The lowest BCUT2D eigenvalue weighted by Crippen LogP contribution is -2.13. The molecule has 8 heteroatoms. The van der Waals surface area contributed by atoms with Crippen molar-refractivity contribution >= 4 is 28.9 Å². The quantitative estimate of drug-likeness (QED) is 0.206. The number of rotatable bonds is 8. The third-order valence-corrected chi connectivity index (χ3v) is 5.55. The van der Waals surface area contributed by atoms with Gasteiger partial charge in [-0.2, -0.15) is 5.90 Å². The summed E-state index contributed by atoms with van der Waals surface area (Å²) in [5.74, 6) is 4.87. The van der Waals surface area contributed by atoms with Crippen molar-refractivity contribution in [3.8, 4) is 5.75 Å². The Morgan fingerprint density at radius 1 is 1.24 bits per heavy atom. The highest BCUT2D eigenvalue weighted by Gasteiger charge is 2.14. The first-order chi connectivity index (χ1) is 16.1. The van der Waals surface area contributed by atoms with Crippen LogP contribution in [0.5, 0.6) is 5.75 Å². The lowest BCUT2D eigenvalue weighted by Gasteiger charge is -2.12. The molecule has 2 aromatic rings. The van der Waals surface area contributed by atoms with Crippen LogP contribution >= 0.6 is 11.6 Å². The first kappa shape index (κ1) is 28.6. The largest absolute Gasteiger partial charge is 0.409 e. The van der Waals surface area contributed by atoms with Gasteiger partial charge in [-0.05, 0) is 88.1 Å². The Kier molecular flexibility index (Phi) is 11.8. The van der Waals surface area contributed by atoms with Crippen LogP contribution in [0.2, 0.25) is 5.02 Å². The number of carbonyl (C=O) groups excluding carboxylic acids is 1. The highest BCUT2D eigenvalue weighted by Crippen LogP contribution is 2.27. The van der Waals surface area contributed by atoms with Crippen molar-refractivity contribution in [1.29, 1.82) is 0 Å². The molecule has 0 bridgehead atoms. The predicted molar refractivity (Wildman–Crippen MR) is 142 cm³/mol. The Morgan fingerprint density at radius 2 is 1.91 bits per heavy atom. The summed E-state index contributed by atoms with van der Waals surface area (Å²) in [4.78, 5) is 21.8. The molecule has 2 rings (SSSR count). The zero-order valence-corrected chi connectivity index (χ0v) is 21.5. The van der Waals surface area contributed by atoms with Crippen LogP contribution < -0.4 is 27.3 Å². The maximum absolute atomic E-state index is 12.1. The summed E-state index contributed by atoms with van der Waals surface area (Å²) in [5, 5.41) is 3.88. The number of hydrogen-bond donors (Lipinski definition) is 4. The van der Waals surface area contributed by atoms with E-state index in [2.05, 4.69) is 49.1 Å². The normalized spacial score (nSPS) is 11.5.